The van der Waals surface area contributed by atoms with Crippen LogP contribution < -0.4 is 23.8 Å². The first kappa shape index (κ1) is 26.4. The molecule has 1 N–H and O–H groups in total. The highest BCUT2D eigenvalue weighted by atomic mass is 35.5. The fourth-order valence-corrected chi connectivity index (χ4v) is 4.56. The Morgan fingerprint density at radius 2 is 1.50 bits per heavy atom. The van der Waals surface area contributed by atoms with E-state index in [2.05, 4.69) is 0 Å². The van der Waals surface area contributed by atoms with Crippen molar-refractivity contribution in [3.05, 3.63) is 81.9 Å². The average molecular weight is 535 g/mol. The number of rotatable bonds is 7. The number of nitriles is 1. The summed E-state index contributed by atoms with van der Waals surface area (Å²) < 4.78 is 21.4. The topological polar surface area (TPSA) is 118 Å². The summed E-state index contributed by atoms with van der Waals surface area (Å²) in [7, 11) is 5.77. The minimum Gasteiger partial charge on any atom is -0.507 e. The van der Waals surface area contributed by atoms with Crippen LogP contribution in [-0.4, -0.2) is 45.2 Å². The third-order valence-corrected chi connectivity index (χ3v) is 6.47. The molecular weight excluding hydrogens is 512 g/mol. The Kier molecular flexibility index (Phi) is 7.46. The summed E-state index contributed by atoms with van der Waals surface area (Å²) in [5.74, 6) is -0.986. The van der Waals surface area contributed by atoms with Gasteiger partial charge in [-0.2, -0.15) is 5.26 Å². The van der Waals surface area contributed by atoms with Crippen molar-refractivity contribution in [2.45, 2.75) is 6.04 Å². The monoisotopic (exact) mass is 534 g/mol. The van der Waals surface area contributed by atoms with E-state index < -0.39 is 23.5 Å². The molecule has 1 saturated heterocycles. The van der Waals surface area contributed by atoms with Crippen molar-refractivity contribution in [1.82, 2.24) is 0 Å². The molecule has 194 valence electrons. The Morgan fingerprint density at radius 3 is 2.08 bits per heavy atom. The SMILES string of the molecule is COc1cc(OC)c(/C(O)=C2\C(=O)C(=O)N(c3ccc(C#N)cc3)C2c2ccc(OC)c(OC)c2)cc1Cl. The lowest BCUT2D eigenvalue weighted by molar-refractivity contribution is -0.132. The van der Waals surface area contributed by atoms with Crippen LogP contribution in [0.25, 0.3) is 5.76 Å². The molecule has 1 amide bonds. The van der Waals surface area contributed by atoms with Crippen LogP contribution in [0.5, 0.6) is 23.0 Å². The number of aliphatic hydroxyl groups excluding tert-OH is 1. The van der Waals surface area contributed by atoms with Crippen molar-refractivity contribution < 1.29 is 33.6 Å². The van der Waals surface area contributed by atoms with Crippen LogP contribution in [-0.2, 0) is 9.59 Å². The fourth-order valence-electron chi connectivity index (χ4n) is 4.32. The average Bonchev–Trinajstić information content (AvgIpc) is 3.21. The molecule has 1 heterocycles. The summed E-state index contributed by atoms with van der Waals surface area (Å²) in [5, 5.41) is 20.9. The van der Waals surface area contributed by atoms with Gasteiger partial charge in [0.25, 0.3) is 11.7 Å². The second-order valence-corrected chi connectivity index (χ2v) is 8.54. The zero-order valence-corrected chi connectivity index (χ0v) is 21.7. The Bertz CT molecular complexity index is 1490. The number of amides is 1. The largest absolute Gasteiger partial charge is 0.507 e. The number of halogens is 1. The van der Waals surface area contributed by atoms with Crippen LogP contribution in [0.15, 0.2) is 60.2 Å². The third kappa shape index (κ3) is 4.46. The van der Waals surface area contributed by atoms with Gasteiger partial charge in [-0.3, -0.25) is 14.5 Å². The maximum absolute atomic E-state index is 13.5. The number of nitrogens with zero attached hydrogens (tertiary/aromatic N) is 2. The van der Waals surface area contributed by atoms with Crippen LogP contribution in [0.4, 0.5) is 5.69 Å². The van der Waals surface area contributed by atoms with Crippen LogP contribution >= 0.6 is 11.6 Å². The Hall–Kier alpha value is -4.68. The normalized spacial score (nSPS) is 16.2. The van der Waals surface area contributed by atoms with Gasteiger partial charge in [0.15, 0.2) is 11.5 Å². The summed E-state index contributed by atoms with van der Waals surface area (Å²) in [6.07, 6.45) is 0. The molecule has 0 bridgehead atoms. The molecule has 3 aromatic carbocycles. The Labute approximate surface area is 224 Å². The van der Waals surface area contributed by atoms with E-state index in [0.717, 1.165) is 0 Å². The van der Waals surface area contributed by atoms with Crippen molar-refractivity contribution in [3.63, 3.8) is 0 Å². The summed E-state index contributed by atoms with van der Waals surface area (Å²) >= 11 is 6.32. The molecule has 1 aliphatic rings. The lowest BCUT2D eigenvalue weighted by Gasteiger charge is -2.26. The van der Waals surface area contributed by atoms with Crippen LogP contribution in [0.2, 0.25) is 5.02 Å². The highest BCUT2D eigenvalue weighted by Gasteiger charge is 2.47. The molecule has 9 nitrogen and oxygen atoms in total. The highest BCUT2D eigenvalue weighted by molar-refractivity contribution is 6.51. The van der Waals surface area contributed by atoms with E-state index in [4.69, 9.17) is 30.5 Å². The van der Waals surface area contributed by atoms with E-state index in [0.29, 0.717) is 34.1 Å². The van der Waals surface area contributed by atoms with Crippen molar-refractivity contribution in [2.24, 2.45) is 0 Å². The van der Waals surface area contributed by atoms with E-state index >= 15 is 0 Å². The van der Waals surface area contributed by atoms with E-state index in [1.54, 1.807) is 30.3 Å². The smallest absolute Gasteiger partial charge is 0.300 e. The van der Waals surface area contributed by atoms with Crippen molar-refractivity contribution >= 4 is 34.7 Å². The number of Topliss-reactive ketones (excluding diaryl/α,β-unsaturated/α-hetero) is 1. The van der Waals surface area contributed by atoms with Gasteiger partial charge in [0.1, 0.15) is 17.3 Å². The lowest BCUT2D eigenvalue weighted by Crippen LogP contribution is -2.29. The number of carbonyl (C=O) groups excluding carboxylic acids is 2. The molecule has 0 saturated carbocycles. The van der Waals surface area contributed by atoms with Gasteiger partial charge in [-0.15, -0.1) is 0 Å². The van der Waals surface area contributed by atoms with Gasteiger partial charge < -0.3 is 24.1 Å². The van der Waals surface area contributed by atoms with Crippen molar-refractivity contribution in [3.8, 4) is 29.1 Å². The molecule has 0 aliphatic carbocycles. The number of hydrogen-bond acceptors (Lipinski definition) is 8. The van der Waals surface area contributed by atoms with E-state index in [9.17, 15) is 20.0 Å². The first-order valence-corrected chi connectivity index (χ1v) is 11.6. The molecule has 1 unspecified atom stereocenters. The first-order valence-electron chi connectivity index (χ1n) is 11.2. The van der Waals surface area contributed by atoms with E-state index in [1.807, 2.05) is 6.07 Å². The third-order valence-electron chi connectivity index (χ3n) is 6.17. The second kappa shape index (κ2) is 10.7. The number of ketones is 1. The molecule has 0 radical (unpaired) electrons. The zero-order chi connectivity index (χ0) is 27.6. The minimum atomic E-state index is -1.06. The maximum atomic E-state index is 13.5. The second-order valence-electron chi connectivity index (χ2n) is 8.13. The van der Waals surface area contributed by atoms with Gasteiger partial charge in [-0.25, -0.2) is 0 Å². The van der Waals surface area contributed by atoms with Gasteiger partial charge in [0.2, 0.25) is 0 Å². The number of anilines is 1. The molecule has 0 aromatic heterocycles. The predicted octanol–water partition coefficient (Wildman–Crippen LogP) is 4.87. The molecule has 3 aromatic rings. The first-order chi connectivity index (χ1) is 18.3. The number of carbonyl (C=O) groups is 2. The molecule has 4 rings (SSSR count). The molecule has 1 atom stereocenters. The van der Waals surface area contributed by atoms with Gasteiger partial charge in [0, 0.05) is 11.8 Å². The van der Waals surface area contributed by atoms with Gasteiger partial charge in [-0.1, -0.05) is 17.7 Å². The quantitative estimate of drug-likeness (QED) is 0.259. The van der Waals surface area contributed by atoms with Gasteiger partial charge in [0.05, 0.1) is 62.3 Å². The minimum absolute atomic E-state index is 0.0987. The van der Waals surface area contributed by atoms with Crippen molar-refractivity contribution in [2.75, 3.05) is 33.3 Å². The Morgan fingerprint density at radius 1 is 0.868 bits per heavy atom. The number of aliphatic hydroxyl groups is 1. The van der Waals surface area contributed by atoms with E-state index in [-0.39, 0.29) is 21.9 Å². The molecule has 1 aliphatic heterocycles. The maximum Gasteiger partial charge on any atom is 0.300 e. The lowest BCUT2D eigenvalue weighted by atomic mass is 9.94. The summed E-state index contributed by atoms with van der Waals surface area (Å²) in [4.78, 5) is 28.2. The zero-order valence-electron chi connectivity index (χ0n) is 20.9. The summed E-state index contributed by atoms with van der Waals surface area (Å²) in [5.41, 5.74) is 1.11. The predicted molar refractivity (Wildman–Crippen MR) is 140 cm³/mol. The Balaban J connectivity index is 2.01. The van der Waals surface area contributed by atoms with Gasteiger partial charge in [-0.05, 0) is 48.0 Å². The number of ether oxygens (including phenoxy) is 4. The molecular formula is C28H23ClN2O7. The standard InChI is InChI=1S/C28H23ClN2O7/c1-35-20-10-7-16(11-23(20)38-4)25-24(26(32)18-12-19(29)22(37-3)13-21(18)36-2)27(33)28(34)31(25)17-8-5-15(14-30)6-9-17/h5-13,25,32H,1-4H3/b26-24+. The van der Waals surface area contributed by atoms with Gasteiger partial charge >= 0.3 is 0 Å². The summed E-state index contributed by atoms with van der Waals surface area (Å²) in [6, 6.07) is 14.9. The fraction of sp³-hybridized carbons (Fsp3) is 0.179. The number of hydrogen-bond donors (Lipinski definition) is 1. The number of methoxy groups -OCH3 is 4. The van der Waals surface area contributed by atoms with Crippen LogP contribution in [0.1, 0.15) is 22.7 Å². The van der Waals surface area contributed by atoms with Crippen LogP contribution in [0, 0.1) is 11.3 Å². The molecule has 10 heteroatoms. The highest BCUT2D eigenvalue weighted by Crippen LogP contribution is 2.46. The van der Waals surface area contributed by atoms with Crippen LogP contribution in [0.3, 0.4) is 0 Å². The summed E-state index contributed by atoms with van der Waals surface area (Å²) in [6.45, 7) is 0. The number of benzene rings is 3. The van der Waals surface area contributed by atoms with Crippen molar-refractivity contribution in [1.29, 1.82) is 5.26 Å². The molecule has 38 heavy (non-hydrogen) atoms. The molecule has 0 spiro atoms. The molecule has 1 fully saturated rings. The van der Waals surface area contributed by atoms with E-state index in [1.165, 1.54) is 57.6 Å².